The highest BCUT2D eigenvalue weighted by Gasteiger charge is 2.19. The Morgan fingerprint density at radius 1 is 1.26 bits per heavy atom. The van der Waals surface area contributed by atoms with Gasteiger partial charge in [0, 0.05) is 20.2 Å². The highest BCUT2D eigenvalue weighted by Crippen LogP contribution is 2.15. The van der Waals surface area contributed by atoms with Crippen molar-refractivity contribution in [1.29, 1.82) is 0 Å². The van der Waals surface area contributed by atoms with Crippen LogP contribution in [0, 0.1) is 11.8 Å². The van der Waals surface area contributed by atoms with Gasteiger partial charge in [-0.05, 0) is 44.3 Å². The number of hydrogen-bond donors (Lipinski definition) is 1. The minimum absolute atomic E-state index is 0.696. The van der Waals surface area contributed by atoms with Crippen molar-refractivity contribution in [2.75, 3.05) is 59.7 Å². The lowest BCUT2D eigenvalue weighted by molar-refractivity contribution is 0.0493. The average molecular weight is 272 g/mol. The molecule has 0 aromatic rings. The van der Waals surface area contributed by atoms with Crippen molar-refractivity contribution < 1.29 is 9.47 Å². The second-order valence-corrected chi connectivity index (χ2v) is 5.97. The van der Waals surface area contributed by atoms with Crippen molar-refractivity contribution in [3.05, 3.63) is 0 Å². The van der Waals surface area contributed by atoms with Crippen LogP contribution < -0.4 is 5.32 Å². The first-order valence-electron chi connectivity index (χ1n) is 7.72. The molecule has 1 aliphatic rings. The topological polar surface area (TPSA) is 33.7 Å². The zero-order valence-corrected chi connectivity index (χ0v) is 13.0. The van der Waals surface area contributed by atoms with Gasteiger partial charge in [0.1, 0.15) is 0 Å². The molecule has 1 N–H and O–H groups in total. The highest BCUT2D eigenvalue weighted by atomic mass is 16.5. The van der Waals surface area contributed by atoms with Gasteiger partial charge in [0.25, 0.3) is 0 Å². The summed E-state index contributed by atoms with van der Waals surface area (Å²) in [4.78, 5) is 2.54. The van der Waals surface area contributed by atoms with Crippen LogP contribution in [0.2, 0.25) is 0 Å². The molecule has 1 saturated heterocycles. The molecule has 0 bridgehead atoms. The Morgan fingerprint density at radius 2 is 2.11 bits per heavy atom. The second kappa shape index (κ2) is 10.6. The summed E-state index contributed by atoms with van der Waals surface area (Å²) in [5.41, 5.74) is 0. The van der Waals surface area contributed by atoms with E-state index in [-0.39, 0.29) is 0 Å². The van der Waals surface area contributed by atoms with Crippen LogP contribution in [0.1, 0.15) is 26.7 Å². The molecule has 4 nitrogen and oxygen atoms in total. The molecule has 0 spiro atoms. The van der Waals surface area contributed by atoms with Crippen molar-refractivity contribution in [2.45, 2.75) is 26.7 Å². The molecule has 0 aromatic carbocycles. The highest BCUT2D eigenvalue weighted by molar-refractivity contribution is 4.74. The average Bonchev–Trinajstić information content (AvgIpc) is 2.39. The first-order chi connectivity index (χ1) is 9.22. The molecular formula is C15H32N2O2. The van der Waals surface area contributed by atoms with E-state index >= 15 is 0 Å². The molecule has 0 aliphatic carbocycles. The Morgan fingerprint density at radius 3 is 2.84 bits per heavy atom. The van der Waals surface area contributed by atoms with Crippen LogP contribution in [-0.2, 0) is 9.47 Å². The number of nitrogens with one attached hydrogen (secondary N) is 1. The van der Waals surface area contributed by atoms with Gasteiger partial charge < -0.3 is 19.7 Å². The molecule has 0 saturated carbocycles. The molecule has 1 atom stereocenters. The van der Waals surface area contributed by atoms with Gasteiger partial charge in [-0.2, -0.15) is 0 Å². The molecule has 0 radical (unpaired) electrons. The molecule has 1 aliphatic heterocycles. The van der Waals surface area contributed by atoms with Gasteiger partial charge in [-0.15, -0.1) is 0 Å². The lowest BCUT2D eigenvalue weighted by Gasteiger charge is -2.32. The van der Waals surface area contributed by atoms with Crippen molar-refractivity contribution in [3.8, 4) is 0 Å². The standard InChI is InChI=1S/C15H32N2O2/c1-14(2)11-16-12-15-5-4-6-17(13-15)7-8-19-10-9-18-3/h14-16H,4-13H2,1-3H3. The summed E-state index contributed by atoms with van der Waals surface area (Å²) in [5, 5.41) is 3.58. The smallest absolute Gasteiger partial charge is 0.0700 e. The molecular weight excluding hydrogens is 240 g/mol. The zero-order valence-electron chi connectivity index (χ0n) is 13.0. The van der Waals surface area contributed by atoms with E-state index < -0.39 is 0 Å². The fraction of sp³-hybridized carbons (Fsp3) is 1.00. The molecule has 114 valence electrons. The molecule has 4 heteroatoms. The predicted octanol–water partition coefficient (Wildman–Crippen LogP) is 1.61. The van der Waals surface area contributed by atoms with Crippen molar-refractivity contribution in [2.24, 2.45) is 11.8 Å². The van der Waals surface area contributed by atoms with Crippen LogP contribution in [0.5, 0.6) is 0 Å². The molecule has 1 heterocycles. The van der Waals surface area contributed by atoms with Crippen LogP contribution in [0.4, 0.5) is 0 Å². The molecule has 1 unspecified atom stereocenters. The Labute approximate surface area is 118 Å². The van der Waals surface area contributed by atoms with Gasteiger partial charge in [0.2, 0.25) is 0 Å². The van der Waals surface area contributed by atoms with E-state index in [1.54, 1.807) is 7.11 Å². The van der Waals surface area contributed by atoms with E-state index in [4.69, 9.17) is 9.47 Å². The summed E-state index contributed by atoms with van der Waals surface area (Å²) in [6.45, 7) is 12.6. The summed E-state index contributed by atoms with van der Waals surface area (Å²) >= 11 is 0. The SMILES string of the molecule is COCCOCCN1CCCC(CNCC(C)C)C1. The van der Waals surface area contributed by atoms with Crippen LogP contribution in [0.15, 0.2) is 0 Å². The second-order valence-electron chi connectivity index (χ2n) is 5.97. The number of methoxy groups -OCH3 is 1. The van der Waals surface area contributed by atoms with Gasteiger partial charge in [-0.25, -0.2) is 0 Å². The summed E-state index contributed by atoms with van der Waals surface area (Å²) in [6, 6.07) is 0. The fourth-order valence-corrected chi connectivity index (χ4v) is 2.54. The normalized spacial score (nSPS) is 21.2. The van der Waals surface area contributed by atoms with E-state index in [1.807, 2.05) is 0 Å². The largest absolute Gasteiger partial charge is 0.382 e. The molecule has 0 aromatic heterocycles. The van der Waals surface area contributed by atoms with Crippen LogP contribution in [0.25, 0.3) is 0 Å². The number of piperidine rings is 1. The predicted molar refractivity (Wildman–Crippen MR) is 79.6 cm³/mol. The van der Waals surface area contributed by atoms with Crippen molar-refractivity contribution in [1.82, 2.24) is 10.2 Å². The molecule has 1 rings (SSSR count). The first-order valence-corrected chi connectivity index (χ1v) is 7.72. The first kappa shape index (κ1) is 16.9. The van der Waals surface area contributed by atoms with E-state index in [9.17, 15) is 0 Å². The maximum Gasteiger partial charge on any atom is 0.0700 e. The van der Waals surface area contributed by atoms with E-state index in [0.29, 0.717) is 13.2 Å². The Kier molecular flexibility index (Phi) is 9.43. The zero-order chi connectivity index (χ0) is 13.9. The Balaban J connectivity index is 2.05. The summed E-state index contributed by atoms with van der Waals surface area (Å²) < 4.78 is 10.5. The van der Waals surface area contributed by atoms with E-state index in [0.717, 1.165) is 31.5 Å². The van der Waals surface area contributed by atoms with Gasteiger partial charge in [-0.1, -0.05) is 13.8 Å². The lowest BCUT2D eigenvalue weighted by Crippen LogP contribution is -2.41. The molecule has 0 amide bonds. The lowest BCUT2D eigenvalue weighted by atomic mass is 9.98. The minimum Gasteiger partial charge on any atom is -0.382 e. The van der Waals surface area contributed by atoms with Crippen LogP contribution >= 0.6 is 0 Å². The number of ether oxygens (including phenoxy) is 2. The van der Waals surface area contributed by atoms with Gasteiger partial charge >= 0.3 is 0 Å². The third kappa shape index (κ3) is 8.58. The molecule has 1 fully saturated rings. The number of likely N-dealkylation sites (tertiary alicyclic amines) is 1. The monoisotopic (exact) mass is 272 g/mol. The van der Waals surface area contributed by atoms with Gasteiger partial charge in [0.15, 0.2) is 0 Å². The molecule has 19 heavy (non-hydrogen) atoms. The Bertz CT molecular complexity index is 212. The van der Waals surface area contributed by atoms with Gasteiger partial charge in [0.05, 0.1) is 19.8 Å². The number of nitrogens with zero attached hydrogens (tertiary/aromatic N) is 1. The summed E-state index contributed by atoms with van der Waals surface area (Å²) in [7, 11) is 1.71. The Hall–Kier alpha value is -0.160. The summed E-state index contributed by atoms with van der Waals surface area (Å²) in [6.07, 6.45) is 2.69. The minimum atomic E-state index is 0.696. The third-order valence-corrected chi connectivity index (χ3v) is 3.57. The number of rotatable bonds is 10. The number of hydrogen-bond acceptors (Lipinski definition) is 4. The van der Waals surface area contributed by atoms with Gasteiger partial charge in [-0.3, -0.25) is 0 Å². The van der Waals surface area contributed by atoms with Crippen molar-refractivity contribution in [3.63, 3.8) is 0 Å². The van der Waals surface area contributed by atoms with E-state index in [2.05, 4.69) is 24.1 Å². The quantitative estimate of drug-likeness (QED) is 0.613. The van der Waals surface area contributed by atoms with E-state index in [1.165, 1.54) is 32.5 Å². The van der Waals surface area contributed by atoms with Crippen LogP contribution in [-0.4, -0.2) is 64.6 Å². The maximum absolute atomic E-state index is 5.54. The maximum atomic E-state index is 5.54. The third-order valence-electron chi connectivity index (χ3n) is 3.57. The summed E-state index contributed by atoms with van der Waals surface area (Å²) in [5.74, 6) is 1.56. The van der Waals surface area contributed by atoms with Crippen LogP contribution in [0.3, 0.4) is 0 Å². The van der Waals surface area contributed by atoms with Crippen molar-refractivity contribution >= 4 is 0 Å². The fourth-order valence-electron chi connectivity index (χ4n) is 2.54.